The van der Waals surface area contributed by atoms with Crippen molar-refractivity contribution in [2.24, 2.45) is 0 Å². The highest BCUT2D eigenvalue weighted by Gasteiger charge is 2.23. The molecule has 2 rings (SSSR count). The lowest BCUT2D eigenvalue weighted by atomic mass is 10.1. The van der Waals surface area contributed by atoms with Gasteiger partial charge in [-0.1, -0.05) is 17.7 Å². The summed E-state index contributed by atoms with van der Waals surface area (Å²) in [5.41, 5.74) is 0.789. The Balaban J connectivity index is 1.86. The third-order valence-corrected chi connectivity index (χ3v) is 3.27. The van der Waals surface area contributed by atoms with Gasteiger partial charge in [-0.3, -0.25) is 4.79 Å². The molecule has 0 aliphatic heterocycles. The average Bonchev–Trinajstić information content (AvgIpc) is 3.10. The minimum Gasteiger partial charge on any atom is -0.352 e. The van der Waals surface area contributed by atoms with Gasteiger partial charge >= 0.3 is 0 Å². The Hall–Kier alpha value is -1.13. The zero-order valence-electron chi connectivity index (χ0n) is 10.2. The Morgan fingerprint density at radius 1 is 1.56 bits per heavy atom. The Bertz CT molecular complexity index is 449. The Morgan fingerprint density at radius 2 is 2.28 bits per heavy atom. The molecule has 0 bridgehead atoms. The first-order chi connectivity index (χ1) is 8.56. The number of nitrogens with one attached hydrogen (secondary N) is 2. The van der Waals surface area contributed by atoms with Crippen molar-refractivity contribution in [2.75, 3.05) is 6.54 Å². The summed E-state index contributed by atoms with van der Waals surface area (Å²) in [4.78, 5) is 11.5. The summed E-state index contributed by atoms with van der Waals surface area (Å²) >= 11 is 5.95. The van der Waals surface area contributed by atoms with Crippen molar-refractivity contribution in [2.45, 2.75) is 31.8 Å². The number of hydrogen-bond acceptors (Lipinski definition) is 2. The van der Waals surface area contributed by atoms with E-state index in [4.69, 9.17) is 11.6 Å². The second-order valence-corrected chi connectivity index (χ2v) is 5.02. The van der Waals surface area contributed by atoms with Crippen molar-refractivity contribution in [3.8, 4) is 0 Å². The summed E-state index contributed by atoms with van der Waals surface area (Å²) in [6.45, 7) is 2.13. The van der Waals surface area contributed by atoms with Crippen LogP contribution in [0.4, 0.5) is 4.39 Å². The van der Waals surface area contributed by atoms with E-state index in [0.29, 0.717) is 11.1 Å². The summed E-state index contributed by atoms with van der Waals surface area (Å²) in [6, 6.07) is 4.55. The predicted octanol–water partition coefficient (Wildman–Crippen LogP) is 2.41. The Kier molecular flexibility index (Phi) is 4.19. The van der Waals surface area contributed by atoms with E-state index in [9.17, 15) is 9.18 Å². The van der Waals surface area contributed by atoms with Gasteiger partial charge in [-0.25, -0.2) is 4.39 Å². The molecule has 0 aromatic heterocycles. The van der Waals surface area contributed by atoms with Gasteiger partial charge < -0.3 is 10.6 Å². The highest BCUT2D eigenvalue weighted by molar-refractivity contribution is 6.31. The van der Waals surface area contributed by atoms with Gasteiger partial charge in [0.1, 0.15) is 5.82 Å². The molecule has 0 spiro atoms. The molecule has 0 saturated heterocycles. The third-order valence-electron chi connectivity index (χ3n) is 2.94. The summed E-state index contributed by atoms with van der Waals surface area (Å²) < 4.78 is 12.9. The monoisotopic (exact) mass is 270 g/mol. The minimum absolute atomic E-state index is 0.0115. The maximum atomic E-state index is 12.9. The zero-order valence-corrected chi connectivity index (χ0v) is 10.9. The second-order valence-electron chi connectivity index (χ2n) is 4.61. The fraction of sp³-hybridized carbons (Fsp3) is 0.462. The molecule has 1 aromatic rings. The highest BCUT2D eigenvalue weighted by Crippen LogP contribution is 2.23. The number of amides is 1. The van der Waals surface area contributed by atoms with E-state index in [-0.39, 0.29) is 24.3 Å². The van der Waals surface area contributed by atoms with Gasteiger partial charge in [0.2, 0.25) is 5.91 Å². The van der Waals surface area contributed by atoms with Crippen LogP contribution >= 0.6 is 11.6 Å². The molecule has 1 unspecified atom stereocenters. The van der Waals surface area contributed by atoms with E-state index in [1.54, 1.807) is 6.07 Å². The topological polar surface area (TPSA) is 41.1 Å². The van der Waals surface area contributed by atoms with Crippen molar-refractivity contribution < 1.29 is 9.18 Å². The van der Waals surface area contributed by atoms with Crippen LogP contribution in [0.25, 0.3) is 0 Å². The highest BCUT2D eigenvalue weighted by atomic mass is 35.5. The molecular formula is C13H16ClFN2O. The standard InChI is InChI=1S/C13H16ClFN2O/c1-8(11-5-2-9(15)6-12(11)14)16-7-13(18)17-10-3-4-10/h2,5-6,8,10,16H,3-4,7H2,1H3,(H,17,18). The van der Waals surface area contributed by atoms with Crippen LogP contribution in [0.2, 0.25) is 5.02 Å². The summed E-state index contributed by atoms with van der Waals surface area (Å²) in [6.07, 6.45) is 2.15. The molecule has 3 nitrogen and oxygen atoms in total. The lowest BCUT2D eigenvalue weighted by Gasteiger charge is -2.15. The number of halogens is 2. The van der Waals surface area contributed by atoms with Crippen LogP contribution in [-0.2, 0) is 4.79 Å². The van der Waals surface area contributed by atoms with Gasteiger partial charge in [-0.15, -0.1) is 0 Å². The van der Waals surface area contributed by atoms with Crippen LogP contribution in [0.5, 0.6) is 0 Å². The molecule has 1 aromatic carbocycles. The SMILES string of the molecule is CC(NCC(=O)NC1CC1)c1ccc(F)cc1Cl. The molecule has 0 radical (unpaired) electrons. The van der Waals surface area contributed by atoms with E-state index < -0.39 is 0 Å². The van der Waals surface area contributed by atoms with Crippen LogP contribution in [-0.4, -0.2) is 18.5 Å². The molecule has 1 fully saturated rings. The average molecular weight is 271 g/mol. The van der Waals surface area contributed by atoms with Gasteiger partial charge in [0.15, 0.2) is 0 Å². The molecule has 0 heterocycles. The van der Waals surface area contributed by atoms with Crippen LogP contribution in [0, 0.1) is 5.82 Å². The Morgan fingerprint density at radius 3 is 2.89 bits per heavy atom. The minimum atomic E-state index is -0.359. The van der Waals surface area contributed by atoms with E-state index in [0.717, 1.165) is 18.4 Å². The first-order valence-corrected chi connectivity index (χ1v) is 6.42. The van der Waals surface area contributed by atoms with Crippen molar-refractivity contribution in [3.05, 3.63) is 34.6 Å². The number of benzene rings is 1. The fourth-order valence-electron chi connectivity index (χ4n) is 1.71. The first-order valence-electron chi connectivity index (χ1n) is 6.04. The van der Waals surface area contributed by atoms with Crippen LogP contribution in [0.1, 0.15) is 31.4 Å². The van der Waals surface area contributed by atoms with Crippen molar-refractivity contribution in [1.29, 1.82) is 0 Å². The largest absolute Gasteiger partial charge is 0.352 e. The lowest BCUT2D eigenvalue weighted by Crippen LogP contribution is -2.36. The smallest absolute Gasteiger partial charge is 0.234 e. The normalized spacial score (nSPS) is 16.4. The third kappa shape index (κ3) is 3.68. The van der Waals surface area contributed by atoms with Crippen LogP contribution < -0.4 is 10.6 Å². The van der Waals surface area contributed by atoms with E-state index in [1.807, 2.05) is 6.92 Å². The molecular weight excluding hydrogens is 255 g/mol. The summed E-state index contributed by atoms with van der Waals surface area (Å²) in [5.74, 6) is -0.370. The maximum absolute atomic E-state index is 12.9. The quantitative estimate of drug-likeness (QED) is 0.863. The summed E-state index contributed by atoms with van der Waals surface area (Å²) in [7, 11) is 0. The van der Waals surface area contributed by atoms with Crippen molar-refractivity contribution >= 4 is 17.5 Å². The number of hydrogen-bond donors (Lipinski definition) is 2. The van der Waals surface area contributed by atoms with Gasteiger partial charge in [0.05, 0.1) is 6.54 Å². The van der Waals surface area contributed by atoms with Gasteiger partial charge in [0, 0.05) is 17.1 Å². The van der Waals surface area contributed by atoms with E-state index in [1.165, 1.54) is 12.1 Å². The molecule has 98 valence electrons. The van der Waals surface area contributed by atoms with Crippen LogP contribution in [0.15, 0.2) is 18.2 Å². The van der Waals surface area contributed by atoms with E-state index >= 15 is 0 Å². The van der Waals surface area contributed by atoms with E-state index in [2.05, 4.69) is 10.6 Å². The molecule has 1 aliphatic carbocycles. The number of carbonyl (C=O) groups is 1. The first kappa shape index (κ1) is 13.3. The number of carbonyl (C=O) groups excluding carboxylic acids is 1. The molecule has 1 atom stereocenters. The van der Waals surface area contributed by atoms with Crippen molar-refractivity contribution in [1.82, 2.24) is 10.6 Å². The maximum Gasteiger partial charge on any atom is 0.234 e. The molecule has 5 heteroatoms. The van der Waals surface area contributed by atoms with Gasteiger partial charge in [-0.05, 0) is 37.5 Å². The zero-order chi connectivity index (χ0) is 13.1. The summed E-state index contributed by atoms with van der Waals surface area (Å²) in [5, 5.41) is 6.34. The predicted molar refractivity (Wildman–Crippen MR) is 69.0 cm³/mol. The fourth-order valence-corrected chi connectivity index (χ4v) is 2.05. The second kappa shape index (κ2) is 5.67. The molecule has 1 aliphatic rings. The Labute approximate surface area is 111 Å². The van der Waals surface area contributed by atoms with Gasteiger partial charge in [-0.2, -0.15) is 0 Å². The number of rotatable bonds is 5. The van der Waals surface area contributed by atoms with Crippen molar-refractivity contribution in [3.63, 3.8) is 0 Å². The van der Waals surface area contributed by atoms with Crippen LogP contribution in [0.3, 0.4) is 0 Å². The molecule has 18 heavy (non-hydrogen) atoms. The molecule has 2 N–H and O–H groups in total. The molecule has 1 amide bonds. The molecule has 1 saturated carbocycles. The lowest BCUT2D eigenvalue weighted by molar-refractivity contribution is -0.120. The van der Waals surface area contributed by atoms with Gasteiger partial charge in [0.25, 0.3) is 0 Å².